The second kappa shape index (κ2) is 6.73. The Labute approximate surface area is 105 Å². The summed E-state index contributed by atoms with van der Waals surface area (Å²) < 4.78 is 9.82. The first-order valence-electron chi connectivity index (χ1n) is 5.26. The van der Waals surface area contributed by atoms with Crippen LogP contribution in [-0.2, 0) is 9.47 Å². The number of carboxylic acid groups (broad SMARTS) is 1. The number of carbonyl (C=O) groups is 2. The monoisotopic (exact) mass is 253 g/mol. The molecule has 1 amide bonds. The number of benzene rings is 1. The van der Waals surface area contributed by atoms with Gasteiger partial charge in [-0.05, 0) is 12.1 Å². The Morgan fingerprint density at radius 1 is 1.22 bits per heavy atom. The highest BCUT2D eigenvalue weighted by molar-refractivity contribution is 6.04. The Morgan fingerprint density at radius 2 is 1.78 bits per heavy atom. The third kappa shape index (κ3) is 3.54. The second-order valence-electron chi connectivity index (χ2n) is 3.46. The molecule has 2 N–H and O–H groups in total. The van der Waals surface area contributed by atoms with E-state index in [0.29, 0.717) is 0 Å². The van der Waals surface area contributed by atoms with E-state index < -0.39 is 18.2 Å². The highest BCUT2D eigenvalue weighted by atomic mass is 16.7. The van der Waals surface area contributed by atoms with Crippen LogP contribution in [0.15, 0.2) is 24.3 Å². The maximum absolute atomic E-state index is 11.8. The fourth-order valence-electron chi connectivity index (χ4n) is 1.40. The molecule has 0 spiro atoms. The molecule has 0 aliphatic rings. The molecule has 1 aromatic carbocycles. The third-order valence-electron chi connectivity index (χ3n) is 2.36. The summed E-state index contributed by atoms with van der Waals surface area (Å²) in [4.78, 5) is 22.8. The van der Waals surface area contributed by atoms with Crippen LogP contribution in [0.1, 0.15) is 20.7 Å². The number of ether oxygens (including phenoxy) is 2. The average molecular weight is 253 g/mol. The van der Waals surface area contributed by atoms with Crippen molar-refractivity contribution in [3.05, 3.63) is 35.4 Å². The Hall–Kier alpha value is -1.92. The molecule has 0 aliphatic heterocycles. The summed E-state index contributed by atoms with van der Waals surface area (Å²) in [5, 5.41) is 11.5. The van der Waals surface area contributed by atoms with Crippen LogP contribution >= 0.6 is 0 Å². The fraction of sp³-hybridized carbons (Fsp3) is 0.333. The van der Waals surface area contributed by atoms with E-state index >= 15 is 0 Å². The summed E-state index contributed by atoms with van der Waals surface area (Å²) >= 11 is 0. The lowest BCUT2D eigenvalue weighted by atomic mass is 10.1. The summed E-state index contributed by atoms with van der Waals surface area (Å²) in [7, 11) is 2.90. The zero-order valence-electron chi connectivity index (χ0n) is 10.2. The van der Waals surface area contributed by atoms with Gasteiger partial charge < -0.3 is 19.9 Å². The number of hydrogen-bond acceptors (Lipinski definition) is 4. The number of carboxylic acids is 1. The number of hydrogen-bond donors (Lipinski definition) is 2. The molecule has 1 aromatic rings. The third-order valence-corrected chi connectivity index (χ3v) is 2.36. The van der Waals surface area contributed by atoms with E-state index in [1.807, 2.05) is 0 Å². The predicted octanol–water partition coefficient (Wildman–Crippen LogP) is 0.734. The van der Waals surface area contributed by atoms with Crippen molar-refractivity contribution < 1.29 is 24.2 Å². The van der Waals surface area contributed by atoms with Crippen LogP contribution < -0.4 is 5.32 Å². The Balaban J connectivity index is 2.75. The molecule has 0 radical (unpaired) electrons. The van der Waals surface area contributed by atoms with Crippen molar-refractivity contribution >= 4 is 11.9 Å². The number of aromatic carboxylic acids is 1. The van der Waals surface area contributed by atoms with Gasteiger partial charge in [0.2, 0.25) is 0 Å². The van der Waals surface area contributed by atoms with E-state index in [-0.39, 0.29) is 17.7 Å². The van der Waals surface area contributed by atoms with E-state index in [1.165, 1.54) is 26.4 Å². The highest BCUT2D eigenvalue weighted by Gasteiger charge is 2.16. The maximum Gasteiger partial charge on any atom is 0.336 e. The lowest BCUT2D eigenvalue weighted by molar-refractivity contribution is -0.0974. The minimum absolute atomic E-state index is 0.0404. The van der Waals surface area contributed by atoms with E-state index in [1.54, 1.807) is 12.1 Å². The largest absolute Gasteiger partial charge is 0.478 e. The second-order valence-corrected chi connectivity index (χ2v) is 3.46. The van der Waals surface area contributed by atoms with Crippen molar-refractivity contribution in [2.45, 2.75) is 6.29 Å². The molecule has 0 saturated carbocycles. The van der Waals surface area contributed by atoms with E-state index in [9.17, 15) is 9.59 Å². The van der Waals surface area contributed by atoms with Gasteiger partial charge in [-0.25, -0.2) is 4.79 Å². The van der Waals surface area contributed by atoms with Gasteiger partial charge in [0.1, 0.15) is 0 Å². The predicted molar refractivity (Wildman–Crippen MR) is 63.5 cm³/mol. The van der Waals surface area contributed by atoms with Crippen molar-refractivity contribution in [3.63, 3.8) is 0 Å². The van der Waals surface area contributed by atoms with Crippen molar-refractivity contribution in [2.75, 3.05) is 20.8 Å². The lowest BCUT2D eigenvalue weighted by Crippen LogP contribution is -2.34. The summed E-state index contributed by atoms with van der Waals surface area (Å²) in [6, 6.07) is 5.99. The summed E-state index contributed by atoms with van der Waals surface area (Å²) in [6.07, 6.45) is -0.564. The average Bonchev–Trinajstić information content (AvgIpc) is 2.39. The fourth-order valence-corrected chi connectivity index (χ4v) is 1.40. The molecule has 0 bridgehead atoms. The lowest BCUT2D eigenvalue weighted by Gasteiger charge is -2.14. The number of amides is 1. The van der Waals surface area contributed by atoms with Gasteiger partial charge >= 0.3 is 5.97 Å². The molecule has 6 nitrogen and oxygen atoms in total. The van der Waals surface area contributed by atoms with E-state index in [4.69, 9.17) is 14.6 Å². The summed E-state index contributed by atoms with van der Waals surface area (Å²) in [5.41, 5.74) is 0.0670. The minimum atomic E-state index is -1.14. The van der Waals surface area contributed by atoms with Crippen molar-refractivity contribution in [3.8, 4) is 0 Å². The standard InChI is InChI=1S/C12H15NO5/c1-17-10(18-2)7-13-11(14)8-5-3-4-6-9(8)12(15)16/h3-6,10H,7H2,1-2H3,(H,13,14)(H,15,16). The maximum atomic E-state index is 11.8. The Morgan fingerprint density at radius 3 is 2.28 bits per heavy atom. The molecule has 0 aliphatic carbocycles. The molecular weight excluding hydrogens is 238 g/mol. The van der Waals surface area contributed by atoms with Crippen molar-refractivity contribution in [1.29, 1.82) is 0 Å². The van der Waals surface area contributed by atoms with Gasteiger partial charge in [0.15, 0.2) is 6.29 Å². The van der Waals surface area contributed by atoms with Crippen LogP contribution in [0.25, 0.3) is 0 Å². The van der Waals surface area contributed by atoms with E-state index in [0.717, 1.165) is 0 Å². The molecule has 0 heterocycles. The van der Waals surface area contributed by atoms with Gasteiger partial charge in [0.25, 0.3) is 5.91 Å². The van der Waals surface area contributed by atoms with Crippen LogP contribution in [0, 0.1) is 0 Å². The molecule has 0 unspecified atom stereocenters. The van der Waals surface area contributed by atoms with Gasteiger partial charge in [-0.3, -0.25) is 4.79 Å². The first-order chi connectivity index (χ1) is 8.60. The zero-order valence-corrected chi connectivity index (χ0v) is 10.2. The van der Waals surface area contributed by atoms with Gasteiger partial charge in [0, 0.05) is 14.2 Å². The van der Waals surface area contributed by atoms with Crippen LogP contribution in [0.4, 0.5) is 0 Å². The molecule has 0 atom stereocenters. The Bertz CT molecular complexity index is 428. The molecule has 1 rings (SSSR count). The van der Waals surface area contributed by atoms with Gasteiger partial charge in [-0.2, -0.15) is 0 Å². The normalized spacial score (nSPS) is 10.4. The van der Waals surface area contributed by atoms with Crippen LogP contribution in [0.5, 0.6) is 0 Å². The zero-order chi connectivity index (χ0) is 13.5. The number of carbonyl (C=O) groups excluding carboxylic acids is 1. The van der Waals surface area contributed by atoms with Gasteiger partial charge in [-0.15, -0.1) is 0 Å². The molecule has 0 fully saturated rings. The van der Waals surface area contributed by atoms with Gasteiger partial charge in [-0.1, -0.05) is 12.1 Å². The van der Waals surface area contributed by atoms with Gasteiger partial charge in [0.05, 0.1) is 17.7 Å². The molecule has 98 valence electrons. The molecular formula is C12H15NO5. The van der Waals surface area contributed by atoms with Crippen molar-refractivity contribution in [2.24, 2.45) is 0 Å². The van der Waals surface area contributed by atoms with Crippen LogP contribution in [-0.4, -0.2) is 44.0 Å². The SMILES string of the molecule is COC(CNC(=O)c1ccccc1C(=O)O)OC. The summed E-state index contributed by atoms with van der Waals surface area (Å²) in [5.74, 6) is -1.62. The number of rotatable bonds is 6. The molecule has 18 heavy (non-hydrogen) atoms. The minimum Gasteiger partial charge on any atom is -0.478 e. The van der Waals surface area contributed by atoms with Crippen molar-refractivity contribution in [1.82, 2.24) is 5.32 Å². The first-order valence-corrected chi connectivity index (χ1v) is 5.26. The summed E-state index contributed by atoms with van der Waals surface area (Å²) in [6.45, 7) is 0.139. The smallest absolute Gasteiger partial charge is 0.336 e. The number of nitrogens with one attached hydrogen (secondary N) is 1. The highest BCUT2D eigenvalue weighted by Crippen LogP contribution is 2.08. The topological polar surface area (TPSA) is 84.9 Å². The molecule has 6 heteroatoms. The number of methoxy groups -OCH3 is 2. The van der Waals surface area contributed by atoms with E-state index in [2.05, 4.69) is 5.32 Å². The van der Waals surface area contributed by atoms with Crippen LogP contribution in [0.2, 0.25) is 0 Å². The Kier molecular flexibility index (Phi) is 5.29. The molecule has 0 saturated heterocycles. The quantitative estimate of drug-likeness (QED) is 0.730. The molecule has 0 aromatic heterocycles. The van der Waals surface area contributed by atoms with Crippen LogP contribution in [0.3, 0.4) is 0 Å². The first kappa shape index (κ1) is 14.1.